The van der Waals surface area contributed by atoms with E-state index in [1.54, 1.807) is 25.7 Å². The van der Waals surface area contributed by atoms with Crippen LogP contribution in [0, 0.1) is 0 Å². The molecule has 1 unspecified atom stereocenters. The number of nitrogens with one attached hydrogen (secondary N) is 2. The molecule has 0 radical (unpaired) electrons. The Morgan fingerprint density at radius 3 is 2.26 bits per heavy atom. The first-order valence-corrected chi connectivity index (χ1v) is 13.3. The lowest BCUT2D eigenvalue weighted by Gasteiger charge is -2.42. The van der Waals surface area contributed by atoms with E-state index in [1.807, 2.05) is 66.7 Å². The first kappa shape index (κ1) is 27.2. The minimum atomic E-state index is -0.842. The molecule has 1 aliphatic rings. The van der Waals surface area contributed by atoms with E-state index in [-0.39, 0.29) is 24.4 Å². The molecule has 1 saturated carbocycles. The molecule has 0 bridgehead atoms. The van der Waals surface area contributed by atoms with Crippen LogP contribution in [0.15, 0.2) is 66.7 Å². The summed E-state index contributed by atoms with van der Waals surface area (Å²) in [5.74, 6) is -0.610. The summed E-state index contributed by atoms with van der Waals surface area (Å²) in [5, 5.41) is 7.72. The second-order valence-electron chi connectivity index (χ2n) is 10.8. The largest absolute Gasteiger partial charge is 0.444 e. The number of aryl methyl sites for hydroxylation is 1. The van der Waals surface area contributed by atoms with E-state index in [0.29, 0.717) is 5.69 Å². The van der Waals surface area contributed by atoms with Gasteiger partial charge in [-0.25, -0.2) is 4.79 Å². The SMILES string of the molecule is CCc1ccc(C(C(=O)Nc2ccc3ccccc3c2)N(C(=O)CNC(=O)OC(C)(C)C)C2CCC2)cc1. The van der Waals surface area contributed by atoms with Gasteiger partial charge in [-0.3, -0.25) is 9.59 Å². The van der Waals surface area contributed by atoms with Crippen LogP contribution in [0.3, 0.4) is 0 Å². The molecule has 0 spiro atoms. The van der Waals surface area contributed by atoms with E-state index in [2.05, 4.69) is 17.6 Å². The molecule has 3 aromatic rings. The molecule has 7 nitrogen and oxygen atoms in total. The van der Waals surface area contributed by atoms with Gasteiger partial charge in [-0.15, -0.1) is 0 Å². The van der Waals surface area contributed by atoms with Crippen LogP contribution in [0.1, 0.15) is 64.1 Å². The van der Waals surface area contributed by atoms with Crippen molar-refractivity contribution in [3.05, 3.63) is 77.9 Å². The quantitative estimate of drug-likeness (QED) is 0.386. The van der Waals surface area contributed by atoms with Gasteiger partial charge in [0, 0.05) is 11.7 Å². The first-order valence-electron chi connectivity index (χ1n) is 13.3. The molecule has 3 aromatic carbocycles. The molecular formula is C31H37N3O4. The Morgan fingerprint density at radius 2 is 1.66 bits per heavy atom. The van der Waals surface area contributed by atoms with Gasteiger partial charge in [0.15, 0.2) is 0 Å². The van der Waals surface area contributed by atoms with Crippen molar-refractivity contribution < 1.29 is 19.1 Å². The highest BCUT2D eigenvalue weighted by atomic mass is 16.6. The molecule has 0 saturated heterocycles. The maximum absolute atomic E-state index is 13.9. The van der Waals surface area contributed by atoms with Crippen LogP contribution in [0.4, 0.5) is 10.5 Å². The molecule has 3 amide bonds. The van der Waals surface area contributed by atoms with Gasteiger partial charge in [-0.05, 0) is 80.5 Å². The zero-order chi connectivity index (χ0) is 27.3. The molecule has 38 heavy (non-hydrogen) atoms. The Morgan fingerprint density at radius 1 is 0.974 bits per heavy atom. The average molecular weight is 516 g/mol. The van der Waals surface area contributed by atoms with E-state index >= 15 is 0 Å². The summed E-state index contributed by atoms with van der Waals surface area (Å²) in [6.45, 7) is 7.12. The molecule has 1 aliphatic carbocycles. The third-order valence-electron chi connectivity index (χ3n) is 6.79. The van der Waals surface area contributed by atoms with Gasteiger partial charge in [0.05, 0.1) is 0 Å². The second kappa shape index (κ2) is 11.7. The van der Waals surface area contributed by atoms with Crippen LogP contribution >= 0.6 is 0 Å². The molecule has 0 aromatic heterocycles. The van der Waals surface area contributed by atoms with Crippen molar-refractivity contribution >= 4 is 34.4 Å². The van der Waals surface area contributed by atoms with Gasteiger partial charge < -0.3 is 20.3 Å². The van der Waals surface area contributed by atoms with Crippen LogP contribution in [0.2, 0.25) is 0 Å². The average Bonchev–Trinajstić information content (AvgIpc) is 2.85. The lowest BCUT2D eigenvalue weighted by molar-refractivity contribution is -0.143. The topological polar surface area (TPSA) is 87.7 Å². The van der Waals surface area contributed by atoms with Crippen molar-refractivity contribution in [1.29, 1.82) is 0 Å². The highest BCUT2D eigenvalue weighted by molar-refractivity contribution is 6.00. The Hall–Kier alpha value is -3.87. The molecule has 1 fully saturated rings. The Balaban J connectivity index is 1.62. The molecule has 7 heteroatoms. The lowest BCUT2D eigenvalue weighted by Crippen LogP contribution is -2.53. The number of hydrogen-bond donors (Lipinski definition) is 2. The normalized spacial score (nSPS) is 14.3. The second-order valence-corrected chi connectivity index (χ2v) is 10.8. The van der Waals surface area contributed by atoms with Gasteiger partial charge in [-0.2, -0.15) is 0 Å². The number of anilines is 1. The van der Waals surface area contributed by atoms with Crippen LogP contribution < -0.4 is 10.6 Å². The van der Waals surface area contributed by atoms with E-state index in [9.17, 15) is 14.4 Å². The van der Waals surface area contributed by atoms with Gasteiger partial charge >= 0.3 is 6.09 Å². The van der Waals surface area contributed by atoms with Gasteiger partial charge in [0.25, 0.3) is 5.91 Å². The van der Waals surface area contributed by atoms with Crippen molar-refractivity contribution in [1.82, 2.24) is 10.2 Å². The Labute approximate surface area is 224 Å². The lowest BCUT2D eigenvalue weighted by atomic mass is 9.88. The summed E-state index contributed by atoms with van der Waals surface area (Å²) in [5.41, 5.74) is 1.87. The maximum Gasteiger partial charge on any atom is 0.408 e. The van der Waals surface area contributed by atoms with Crippen LogP contribution in [-0.2, 0) is 20.7 Å². The number of amides is 3. The number of ether oxygens (including phenoxy) is 1. The number of carbonyl (C=O) groups is 3. The predicted octanol–water partition coefficient (Wildman–Crippen LogP) is 5.99. The smallest absolute Gasteiger partial charge is 0.408 e. The van der Waals surface area contributed by atoms with Crippen molar-refractivity contribution in [2.75, 3.05) is 11.9 Å². The molecular weight excluding hydrogens is 478 g/mol. The summed E-state index contributed by atoms with van der Waals surface area (Å²) in [6, 6.07) is 20.6. The van der Waals surface area contributed by atoms with Crippen LogP contribution in [-0.4, -0.2) is 41.0 Å². The van der Waals surface area contributed by atoms with Gasteiger partial charge in [0.1, 0.15) is 18.2 Å². The van der Waals surface area contributed by atoms with Crippen molar-refractivity contribution in [2.45, 2.75) is 71.1 Å². The minimum Gasteiger partial charge on any atom is -0.444 e. The summed E-state index contributed by atoms with van der Waals surface area (Å²) in [4.78, 5) is 41.4. The summed E-state index contributed by atoms with van der Waals surface area (Å²) in [7, 11) is 0. The molecule has 2 N–H and O–H groups in total. The van der Waals surface area contributed by atoms with E-state index in [0.717, 1.165) is 47.6 Å². The van der Waals surface area contributed by atoms with E-state index in [4.69, 9.17) is 4.74 Å². The monoisotopic (exact) mass is 515 g/mol. The van der Waals surface area contributed by atoms with Crippen molar-refractivity contribution in [2.24, 2.45) is 0 Å². The Bertz CT molecular complexity index is 1290. The van der Waals surface area contributed by atoms with Crippen molar-refractivity contribution in [3.8, 4) is 0 Å². The fourth-order valence-electron chi connectivity index (χ4n) is 4.63. The third kappa shape index (κ3) is 6.71. The number of fused-ring (bicyclic) bond motifs is 1. The molecule has 0 heterocycles. The number of benzene rings is 3. The van der Waals surface area contributed by atoms with Crippen LogP contribution in [0.5, 0.6) is 0 Å². The number of hydrogen-bond acceptors (Lipinski definition) is 4. The first-order chi connectivity index (χ1) is 18.1. The summed E-state index contributed by atoms with van der Waals surface area (Å²) in [6.07, 6.45) is 2.82. The summed E-state index contributed by atoms with van der Waals surface area (Å²) < 4.78 is 5.30. The van der Waals surface area contributed by atoms with E-state index in [1.165, 1.54) is 0 Å². The van der Waals surface area contributed by atoms with Gasteiger partial charge in [0.2, 0.25) is 5.91 Å². The minimum absolute atomic E-state index is 0.0823. The van der Waals surface area contributed by atoms with Gasteiger partial charge in [-0.1, -0.05) is 61.5 Å². The zero-order valence-corrected chi connectivity index (χ0v) is 22.6. The number of carbonyl (C=O) groups excluding carboxylic acids is 3. The number of rotatable bonds is 8. The predicted molar refractivity (Wildman–Crippen MR) is 150 cm³/mol. The highest BCUT2D eigenvalue weighted by Crippen LogP contribution is 2.34. The standard InChI is InChI=1S/C31H37N3O4/c1-5-21-13-15-23(16-14-21)28(29(36)33-25-18-17-22-9-6-7-10-24(22)19-25)34(26-11-8-12-26)27(35)20-32-30(37)38-31(2,3)4/h6-7,9-10,13-19,26,28H,5,8,11-12,20H2,1-4H3,(H,32,37)(H,33,36). The van der Waals surface area contributed by atoms with Crippen LogP contribution in [0.25, 0.3) is 10.8 Å². The fourth-order valence-corrected chi connectivity index (χ4v) is 4.63. The fraction of sp³-hybridized carbons (Fsp3) is 0.387. The Kier molecular flexibility index (Phi) is 8.35. The number of nitrogens with zero attached hydrogens (tertiary/aromatic N) is 1. The number of alkyl carbamates (subject to hydrolysis) is 1. The maximum atomic E-state index is 13.9. The molecule has 1 atom stereocenters. The van der Waals surface area contributed by atoms with E-state index < -0.39 is 17.7 Å². The third-order valence-corrected chi connectivity index (χ3v) is 6.79. The zero-order valence-electron chi connectivity index (χ0n) is 22.6. The molecule has 0 aliphatic heterocycles. The summed E-state index contributed by atoms with van der Waals surface area (Å²) >= 11 is 0. The molecule has 200 valence electrons. The molecule has 4 rings (SSSR count). The van der Waals surface area contributed by atoms with Crippen molar-refractivity contribution in [3.63, 3.8) is 0 Å². The highest BCUT2D eigenvalue weighted by Gasteiger charge is 2.39.